The number of fused-ring (bicyclic) bond motifs is 19. The van der Waals surface area contributed by atoms with Gasteiger partial charge in [0.1, 0.15) is 0 Å². The second-order valence-electron chi connectivity index (χ2n) is 37.6. The Kier molecular flexibility index (Phi) is 21.0. The minimum atomic E-state index is 0.706. The average molecular weight is 1890 g/mol. The van der Waals surface area contributed by atoms with Crippen LogP contribution in [0.25, 0.3) is 266 Å². The van der Waals surface area contributed by atoms with Gasteiger partial charge in [0.15, 0.2) is 17.5 Å². The summed E-state index contributed by atoms with van der Waals surface area (Å²) < 4.78 is 14.1. The molecule has 0 spiro atoms. The van der Waals surface area contributed by atoms with E-state index in [1.807, 2.05) is 30.3 Å². The molecular weight excluding hydrogens is 1800 g/mol. The van der Waals surface area contributed by atoms with E-state index in [2.05, 4.69) is 531 Å². The zero-order chi connectivity index (χ0) is 97.6. The van der Waals surface area contributed by atoms with Crippen molar-refractivity contribution in [3.8, 4) is 124 Å². The molecule has 30 aromatic rings. The minimum absolute atomic E-state index is 0.706. The monoisotopic (exact) mass is 1890 g/mol. The molecule has 148 heavy (non-hydrogen) atoms. The highest BCUT2D eigenvalue weighted by molar-refractivity contribution is 6.21. The molecule has 9 heterocycles. The Balaban J connectivity index is 0.000000107. The molecule has 0 radical (unpaired) electrons. The molecule has 0 N–H and O–H groups in total. The van der Waals surface area contributed by atoms with E-state index in [0.717, 1.165) is 123 Å². The third kappa shape index (κ3) is 14.9. The Morgan fingerprint density at radius 2 is 0.426 bits per heavy atom. The summed E-state index contributed by atoms with van der Waals surface area (Å²) in [7, 11) is 0. The number of hydrogen-bond donors (Lipinski definition) is 0. The summed E-state index contributed by atoms with van der Waals surface area (Å²) in [5, 5.41) is 16.5. The Morgan fingerprint density at radius 3 is 0.831 bits per heavy atom. The average Bonchev–Trinajstić information content (AvgIpc) is 1.56. The summed E-state index contributed by atoms with van der Waals surface area (Å²) in [5.74, 6) is 2.13. The van der Waals surface area contributed by atoms with Crippen LogP contribution in [0.3, 0.4) is 0 Å². The smallest absolute Gasteiger partial charge is 0.160 e. The van der Waals surface area contributed by atoms with E-state index in [4.69, 9.17) is 29.9 Å². The fraction of sp³-hybridized carbons (Fsp3) is 0. The van der Waals surface area contributed by atoms with Crippen LogP contribution in [0.5, 0.6) is 0 Å². The van der Waals surface area contributed by atoms with E-state index in [9.17, 15) is 0 Å². The first-order valence-corrected chi connectivity index (χ1v) is 50.1. The topological polar surface area (TPSA) is 107 Å². The highest BCUT2D eigenvalue weighted by atomic mass is 15.1. The Labute approximate surface area is 851 Å². The van der Waals surface area contributed by atoms with Crippen molar-refractivity contribution >= 4 is 142 Å². The van der Waals surface area contributed by atoms with Crippen LogP contribution in [0.1, 0.15) is 0 Å². The first kappa shape index (κ1) is 85.9. The number of nitrogens with zero attached hydrogens (tertiary/aromatic N) is 12. The van der Waals surface area contributed by atoms with E-state index < -0.39 is 0 Å². The molecule has 0 bridgehead atoms. The van der Waals surface area contributed by atoms with Gasteiger partial charge in [0.2, 0.25) is 0 Å². The van der Waals surface area contributed by atoms with E-state index >= 15 is 0 Å². The van der Waals surface area contributed by atoms with E-state index in [-0.39, 0.29) is 0 Å². The summed E-state index contributed by atoms with van der Waals surface area (Å²) in [6.07, 6.45) is 6.53. The summed E-state index contributed by atoms with van der Waals surface area (Å²) in [4.78, 5) is 30.8. The summed E-state index contributed by atoms with van der Waals surface area (Å²) in [6, 6.07) is 182. The first-order valence-electron chi connectivity index (χ1n) is 50.1. The molecule has 0 aliphatic carbocycles. The number of rotatable bonds is 14. The van der Waals surface area contributed by atoms with Crippen molar-refractivity contribution in [1.29, 1.82) is 0 Å². The molecule has 9 aromatic heterocycles. The van der Waals surface area contributed by atoms with Crippen molar-refractivity contribution in [2.75, 3.05) is 0 Å². The Bertz CT molecular complexity index is 10400. The van der Waals surface area contributed by atoms with Crippen LogP contribution in [0.2, 0.25) is 0 Å². The highest BCUT2D eigenvalue weighted by Crippen LogP contribution is 2.46. The van der Waals surface area contributed by atoms with E-state index in [1.54, 1.807) is 0 Å². The van der Waals surface area contributed by atoms with Gasteiger partial charge < -0.3 is 27.4 Å². The lowest BCUT2D eigenvalue weighted by atomic mass is 9.99. The van der Waals surface area contributed by atoms with E-state index in [0.29, 0.717) is 17.5 Å². The van der Waals surface area contributed by atoms with Crippen LogP contribution in [0, 0.1) is 0 Å². The summed E-state index contributed by atoms with van der Waals surface area (Å²) in [6.45, 7) is 0. The second kappa shape index (κ2) is 36.2. The van der Waals surface area contributed by atoms with Crippen molar-refractivity contribution < 1.29 is 0 Å². The molecule has 21 aromatic carbocycles. The lowest BCUT2D eigenvalue weighted by Gasteiger charge is -2.13. The molecule has 0 aliphatic rings. The van der Waals surface area contributed by atoms with Gasteiger partial charge in [-0.3, -0.25) is 0 Å². The predicted molar refractivity (Wildman–Crippen MR) is 613 cm³/mol. The number of benzene rings is 21. The van der Waals surface area contributed by atoms with Gasteiger partial charge in [0.25, 0.3) is 0 Å². The molecular formula is C136H88N12. The predicted octanol–water partition coefficient (Wildman–Crippen LogP) is 34.5. The SMILES string of the molecule is c1ccc(-c2ccc(-c3nc(-c4ccc(-n5c6ccccc6c6ccc7ccn(-c8ccccc8)c7c65)cc4)nc4ccccc34)cc2)cc1.c1ccc(-c2cccc(-c3nc(-c4ccc(-n5c6ccccc6c6ccc7ccn(-c8ccccc8)c7c65)cc4)nc4ccccc34)c2)cc1.c1ccc(-n2ccc3ccc4c5ccccc5n(-c5ccc(-c6nc(-c7cccc8ccccc78)c7ccccc7n6)cc5)c4c32)cc1. The van der Waals surface area contributed by atoms with Crippen molar-refractivity contribution in [2.45, 2.75) is 0 Å². The van der Waals surface area contributed by atoms with Crippen molar-refractivity contribution in [3.05, 3.63) is 534 Å². The number of aromatic nitrogens is 12. The quantitative estimate of drug-likeness (QED) is 0.107. The molecule has 0 saturated carbocycles. The van der Waals surface area contributed by atoms with Gasteiger partial charge >= 0.3 is 0 Å². The van der Waals surface area contributed by atoms with Crippen LogP contribution >= 0.6 is 0 Å². The van der Waals surface area contributed by atoms with Gasteiger partial charge in [-0.2, -0.15) is 0 Å². The van der Waals surface area contributed by atoms with Crippen LogP contribution in [0.15, 0.2) is 534 Å². The maximum atomic E-state index is 5.24. The summed E-state index contributed by atoms with van der Waals surface area (Å²) in [5.41, 5.74) is 33.8. The van der Waals surface area contributed by atoms with Gasteiger partial charge in [0.05, 0.1) is 83.3 Å². The lowest BCUT2D eigenvalue weighted by Crippen LogP contribution is -1.99. The summed E-state index contributed by atoms with van der Waals surface area (Å²) >= 11 is 0. The van der Waals surface area contributed by atoms with Crippen LogP contribution < -0.4 is 0 Å². The van der Waals surface area contributed by atoms with Gasteiger partial charge in [-0.1, -0.05) is 346 Å². The second-order valence-corrected chi connectivity index (χ2v) is 37.6. The molecule has 30 rings (SSSR count). The molecule has 0 fully saturated rings. The highest BCUT2D eigenvalue weighted by Gasteiger charge is 2.26. The van der Waals surface area contributed by atoms with Gasteiger partial charge in [-0.25, -0.2) is 29.9 Å². The molecule has 0 amide bonds. The molecule has 0 aliphatic heterocycles. The van der Waals surface area contributed by atoms with Gasteiger partial charge in [-0.15, -0.1) is 0 Å². The van der Waals surface area contributed by atoms with Gasteiger partial charge in [-0.05, 0) is 203 Å². The van der Waals surface area contributed by atoms with Crippen molar-refractivity contribution in [1.82, 2.24) is 57.3 Å². The molecule has 0 atom stereocenters. The largest absolute Gasteiger partial charge is 0.315 e. The van der Waals surface area contributed by atoms with Crippen LogP contribution in [0.4, 0.5) is 0 Å². The number of hydrogen-bond acceptors (Lipinski definition) is 6. The Hall–Kier alpha value is -20.1. The zero-order valence-electron chi connectivity index (χ0n) is 80.2. The molecule has 12 heteroatoms. The van der Waals surface area contributed by atoms with Crippen molar-refractivity contribution in [3.63, 3.8) is 0 Å². The molecule has 12 nitrogen and oxygen atoms in total. The van der Waals surface area contributed by atoms with Gasteiger partial charge in [0, 0.05) is 151 Å². The van der Waals surface area contributed by atoms with Crippen LogP contribution in [-0.4, -0.2) is 57.3 Å². The first-order chi connectivity index (χ1) is 73.4. The lowest BCUT2D eigenvalue weighted by molar-refractivity contribution is 1.11. The Morgan fingerprint density at radius 1 is 0.142 bits per heavy atom. The minimum Gasteiger partial charge on any atom is -0.315 e. The molecule has 0 saturated heterocycles. The fourth-order valence-electron chi connectivity index (χ4n) is 22.1. The van der Waals surface area contributed by atoms with E-state index in [1.165, 1.54) is 126 Å². The zero-order valence-corrected chi connectivity index (χ0v) is 80.2. The third-order valence-electron chi connectivity index (χ3n) is 29.1. The molecule has 0 unspecified atom stereocenters. The van der Waals surface area contributed by atoms with Crippen LogP contribution in [-0.2, 0) is 0 Å². The molecule has 692 valence electrons. The third-order valence-corrected chi connectivity index (χ3v) is 29.1. The maximum absolute atomic E-state index is 5.24. The maximum Gasteiger partial charge on any atom is 0.160 e. The standard InChI is InChI=1S/2C46H30N4.C44H28N4/c1-3-12-31(13-4-1)34-14-11-15-35(30-34)43-40-19-7-9-20-41(40)47-46(48-43)33-22-25-37(26-23-33)50-42-21-10-8-18-38(42)39-27-24-32-28-29-49(44(32)45(39)50)36-16-5-2-6-17-36;1-3-11-31(12-4-1)32-19-21-33(22-20-32)43-40-16-7-9-17-41(40)47-46(48-43)35-23-26-37(27-24-35)50-42-18-10-8-15-38(42)39-28-25-34-29-30-49(44(34)45(39)50)36-13-5-2-6-14-36;1-2-13-32(14-3-1)47-28-27-30-23-26-37-35-16-7-9-20-40(35)48(43(37)42(30)47)33-24-21-31(22-25-33)44-45-39-19-8-6-17-38(39)41(46-44)36-18-10-12-29-11-4-5-15-34(29)36/h2*1-30H;1-28H. The van der Waals surface area contributed by atoms with Crippen molar-refractivity contribution in [2.24, 2.45) is 0 Å². The fourth-order valence-corrected chi connectivity index (χ4v) is 22.1. The number of para-hydroxylation sites is 9. The normalized spacial score (nSPS) is 11.6.